The maximum Gasteiger partial charge on any atom is 0.522 e. The minimum atomic E-state index is -5.84. The van der Waals surface area contributed by atoms with Gasteiger partial charge in [-0.2, -0.15) is 21.6 Å². The molecule has 0 radical (unpaired) electrons. The molecule has 0 amide bonds. The normalized spacial score (nSPS) is 12.5. The van der Waals surface area contributed by atoms with Gasteiger partial charge in [-0.25, -0.2) is 13.6 Å². The highest BCUT2D eigenvalue weighted by Gasteiger charge is 2.44. The zero-order valence-electron chi connectivity index (χ0n) is 9.20. The van der Waals surface area contributed by atoms with Crippen LogP contribution in [0.3, 0.4) is 0 Å². The second kappa shape index (κ2) is 6.32. The van der Waals surface area contributed by atoms with E-state index in [0.29, 0.717) is 0 Å². The molecule has 0 heterocycles. The van der Waals surface area contributed by atoms with Crippen LogP contribution in [0, 0.1) is 0 Å². The molecule has 0 unspecified atom stereocenters. The quantitative estimate of drug-likeness (QED) is 0.619. The van der Waals surface area contributed by atoms with Gasteiger partial charge in [-0.15, -0.1) is 0 Å². The lowest BCUT2D eigenvalue weighted by Gasteiger charge is -1.97. The molecule has 11 heteroatoms. The van der Waals surface area contributed by atoms with Crippen LogP contribution in [0.4, 0.5) is 13.2 Å². The molecule has 1 aromatic carbocycles. The van der Waals surface area contributed by atoms with Gasteiger partial charge in [-0.05, 0) is 5.56 Å². The lowest BCUT2D eigenvalue weighted by Crippen LogP contribution is -2.21. The van der Waals surface area contributed by atoms with Crippen LogP contribution in [0.1, 0.15) is 5.56 Å². The topological polar surface area (TPSA) is 115 Å². The Balaban J connectivity index is 0.000000362. The van der Waals surface area contributed by atoms with Crippen molar-refractivity contribution in [3.8, 4) is 0 Å². The van der Waals surface area contributed by atoms with Gasteiger partial charge in [-0.1, -0.05) is 30.3 Å². The third-order valence-corrected chi connectivity index (χ3v) is 2.82. The van der Waals surface area contributed by atoms with Gasteiger partial charge < -0.3 is 0 Å². The van der Waals surface area contributed by atoms with Crippen molar-refractivity contribution in [3.05, 3.63) is 35.9 Å². The van der Waals surface area contributed by atoms with Gasteiger partial charge in [-0.3, -0.25) is 4.55 Å². The first kappa shape index (κ1) is 17.8. The van der Waals surface area contributed by atoms with Crippen LogP contribution in [0.25, 0.3) is 0 Å². The zero-order chi connectivity index (χ0) is 15.3. The molecular formula is C8H10F3NO5S2. The molecule has 0 fully saturated rings. The van der Waals surface area contributed by atoms with Crippen LogP contribution in [-0.2, 0) is 25.9 Å². The average Bonchev–Trinajstić information content (AvgIpc) is 2.14. The molecule has 1 rings (SSSR count). The number of sulfonamides is 1. The summed E-state index contributed by atoms with van der Waals surface area (Å²) >= 11 is 0. The Labute approximate surface area is 107 Å². The van der Waals surface area contributed by atoms with Crippen molar-refractivity contribution in [2.45, 2.75) is 11.3 Å². The molecular weight excluding hydrogens is 311 g/mol. The van der Waals surface area contributed by atoms with Crippen molar-refractivity contribution in [2.24, 2.45) is 5.14 Å². The van der Waals surface area contributed by atoms with Crippen LogP contribution in [-0.4, -0.2) is 26.9 Å². The van der Waals surface area contributed by atoms with E-state index >= 15 is 0 Å². The molecule has 0 saturated carbocycles. The number of hydrogen-bond donors (Lipinski definition) is 2. The molecule has 19 heavy (non-hydrogen) atoms. The monoisotopic (exact) mass is 321 g/mol. The Morgan fingerprint density at radius 2 is 1.42 bits per heavy atom. The lowest BCUT2D eigenvalue weighted by atomic mass is 10.2. The van der Waals surface area contributed by atoms with E-state index in [1.807, 2.05) is 6.07 Å². The van der Waals surface area contributed by atoms with Gasteiger partial charge in [0.2, 0.25) is 10.0 Å². The Bertz CT molecular complexity index is 595. The Morgan fingerprint density at radius 1 is 1.05 bits per heavy atom. The molecule has 0 saturated heterocycles. The number of halogens is 3. The van der Waals surface area contributed by atoms with Gasteiger partial charge in [0.1, 0.15) is 0 Å². The summed E-state index contributed by atoms with van der Waals surface area (Å²) in [5.74, 6) is -0.0894. The van der Waals surface area contributed by atoms with Gasteiger partial charge >= 0.3 is 15.6 Å². The van der Waals surface area contributed by atoms with E-state index in [9.17, 15) is 21.6 Å². The molecule has 0 spiro atoms. The van der Waals surface area contributed by atoms with Crippen molar-refractivity contribution < 1.29 is 34.6 Å². The number of nitrogens with two attached hydrogens (primary N) is 1. The highest BCUT2D eigenvalue weighted by atomic mass is 32.2. The van der Waals surface area contributed by atoms with E-state index in [1.54, 1.807) is 24.3 Å². The van der Waals surface area contributed by atoms with Crippen LogP contribution in [0.15, 0.2) is 30.3 Å². The Kier molecular flexibility index (Phi) is 5.93. The van der Waals surface area contributed by atoms with E-state index in [1.165, 1.54) is 0 Å². The molecule has 0 aliphatic carbocycles. The molecule has 0 aliphatic heterocycles. The zero-order valence-corrected chi connectivity index (χ0v) is 10.8. The number of primary sulfonamides is 1. The second-order valence-corrected chi connectivity index (χ2v) is 6.24. The van der Waals surface area contributed by atoms with Gasteiger partial charge in [0.05, 0.1) is 5.75 Å². The highest BCUT2D eigenvalue weighted by molar-refractivity contribution is 7.88. The summed E-state index contributed by atoms with van der Waals surface area (Å²) in [4.78, 5) is 0. The minimum absolute atomic E-state index is 0.0894. The Morgan fingerprint density at radius 3 is 1.68 bits per heavy atom. The maximum atomic E-state index is 10.7. The molecule has 0 aliphatic rings. The van der Waals surface area contributed by atoms with Gasteiger partial charge in [0, 0.05) is 0 Å². The fourth-order valence-corrected chi connectivity index (χ4v) is 1.46. The van der Waals surface area contributed by atoms with E-state index in [0.717, 1.165) is 5.56 Å². The molecule has 0 atom stereocenters. The third kappa shape index (κ3) is 8.53. The Hall–Kier alpha value is -1.17. The van der Waals surface area contributed by atoms with Crippen molar-refractivity contribution in [1.29, 1.82) is 0 Å². The van der Waals surface area contributed by atoms with Crippen molar-refractivity contribution in [3.63, 3.8) is 0 Å². The predicted molar refractivity (Wildman–Crippen MR) is 60.9 cm³/mol. The number of benzene rings is 1. The van der Waals surface area contributed by atoms with Crippen LogP contribution in [0.5, 0.6) is 0 Å². The van der Waals surface area contributed by atoms with Crippen LogP contribution < -0.4 is 5.14 Å². The first-order valence-electron chi connectivity index (χ1n) is 4.41. The summed E-state index contributed by atoms with van der Waals surface area (Å²) in [6.07, 6.45) is 0. The van der Waals surface area contributed by atoms with Gasteiger partial charge in [0.15, 0.2) is 0 Å². The largest absolute Gasteiger partial charge is 0.522 e. The molecule has 0 bridgehead atoms. The summed E-state index contributed by atoms with van der Waals surface area (Å²) < 4.78 is 78.7. The maximum absolute atomic E-state index is 10.7. The summed E-state index contributed by atoms with van der Waals surface area (Å²) in [5.41, 5.74) is -4.82. The van der Waals surface area contributed by atoms with Crippen LogP contribution in [0.2, 0.25) is 0 Å². The van der Waals surface area contributed by atoms with Crippen molar-refractivity contribution >= 4 is 20.1 Å². The standard InChI is InChI=1S/C7H9NO2S.CHF3O3S/c8-11(9,10)6-7-4-2-1-3-5-7;2-1(3,4)8(5,6)7/h1-5H,6H2,(H2,8,9,10);(H,5,6,7). The fraction of sp³-hybridized carbons (Fsp3) is 0.250. The second-order valence-electron chi connectivity index (χ2n) is 3.21. The van der Waals surface area contributed by atoms with E-state index < -0.39 is 25.6 Å². The van der Waals surface area contributed by atoms with E-state index in [-0.39, 0.29) is 5.75 Å². The first-order chi connectivity index (χ1) is 8.33. The first-order valence-corrected chi connectivity index (χ1v) is 7.56. The molecule has 110 valence electrons. The summed E-state index contributed by atoms with van der Waals surface area (Å²) in [7, 11) is -9.22. The van der Waals surface area contributed by atoms with Crippen molar-refractivity contribution in [2.75, 3.05) is 0 Å². The predicted octanol–water partition coefficient (Wildman–Crippen LogP) is 0.869. The minimum Gasteiger partial charge on any atom is -0.279 e. The number of rotatable bonds is 2. The van der Waals surface area contributed by atoms with E-state index in [4.69, 9.17) is 18.1 Å². The van der Waals surface area contributed by atoms with Crippen LogP contribution >= 0.6 is 0 Å². The average molecular weight is 321 g/mol. The molecule has 3 N–H and O–H groups in total. The molecule has 6 nitrogen and oxygen atoms in total. The molecule has 0 aromatic heterocycles. The summed E-state index contributed by atoms with van der Waals surface area (Å²) in [6.45, 7) is 0. The third-order valence-electron chi connectivity index (χ3n) is 1.50. The smallest absolute Gasteiger partial charge is 0.279 e. The number of hydrogen-bond acceptors (Lipinski definition) is 4. The summed E-state index contributed by atoms with van der Waals surface area (Å²) in [5, 5.41) is 4.84. The lowest BCUT2D eigenvalue weighted by molar-refractivity contribution is -0.0510. The molecule has 1 aromatic rings. The highest BCUT2D eigenvalue weighted by Crippen LogP contribution is 2.20. The SMILES string of the molecule is NS(=O)(=O)Cc1ccccc1.O=S(=O)(O)C(F)(F)F. The number of alkyl halides is 3. The van der Waals surface area contributed by atoms with Crippen molar-refractivity contribution in [1.82, 2.24) is 0 Å². The van der Waals surface area contributed by atoms with E-state index in [2.05, 4.69) is 0 Å². The fourth-order valence-electron chi connectivity index (χ4n) is 0.807. The van der Waals surface area contributed by atoms with Gasteiger partial charge in [0.25, 0.3) is 0 Å². The summed E-state index contributed by atoms with van der Waals surface area (Å²) in [6, 6.07) is 8.84.